The summed E-state index contributed by atoms with van der Waals surface area (Å²) in [5.74, 6) is -0.315. The molecule has 0 aliphatic heterocycles. The number of carbonyl (C=O) groups is 2. The molecule has 0 unspecified atom stereocenters. The third-order valence-corrected chi connectivity index (χ3v) is 4.91. The molecule has 2 aliphatic carbocycles. The van der Waals surface area contributed by atoms with Gasteiger partial charge < -0.3 is 10.2 Å². The fourth-order valence-electron chi connectivity index (χ4n) is 3.68. The molecule has 0 bridgehead atoms. The Kier molecular flexibility index (Phi) is 4.25. The Labute approximate surface area is 107 Å². The first-order valence-corrected chi connectivity index (χ1v) is 7.03. The van der Waals surface area contributed by atoms with Gasteiger partial charge in [-0.3, -0.25) is 9.59 Å². The van der Waals surface area contributed by atoms with Crippen molar-refractivity contribution in [1.29, 1.82) is 0 Å². The van der Waals surface area contributed by atoms with Crippen LogP contribution < -0.4 is 0 Å². The van der Waals surface area contributed by atoms with Crippen LogP contribution in [0.1, 0.15) is 51.4 Å². The highest BCUT2D eigenvalue weighted by molar-refractivity contribution is 5.70. The molecule has 2 saturated carbocycles. The summed E-state index contributed by atoms with van der Waals surface area (Å²) in [5.41, 5.74) is 0. The fourth-order valence-corrected chi connectivity index (χ4v) is 3.68. The minimum Gasteiger partial charge on any atom is -0.481 e. The van der Waals surface area contributed by atoms with Crippen molar-refractivity contribution in [3.63, 3.8) is 0 Å². The number of aliphatic carboxylic acids is 2. The van der Waals surface area contributed by atoms with Crippen molar-refractivity contribution in [2.24, 2.45) is 23.7 Å². The van der Waals surface area contributed by atoms with E-state index in [0.717, 1.165) is 51.4 Å². The first kappa shape index (κ1) is 13.4. The van der Waals surface area contributed by atoms with Gasteiger partial charge in [0.05, 0.1) is 11.8 Å². The largest absolute Gasteiger partial charge is 0.481 e. The summed E-state index contributed by atoms with van der Waals surface area (Å²) >= 11 is 0. The zero-order chi connectivity index (χ0) is 13.1. The number of hydrogen-bond donors (Lipinski definition) is 2. The molecule has 4 heteroatoms. The Morgan fingerprint density at radius 3 is 1.11 bits per heavy atom. The van der Waals surface area contributed by atoms with Crippen molar-refractivity contribution in [2.75, 3.05) is 0 Å². The van der Waals surface area contributed by atoms with Crippen LogP contribution >= 0.6 is 0 Å². The lowest BCUT2D eigenvalue weighted by Gasteiger charge is -2.36. The van der Waals surface area contributed by atoms with E-state index in [-0.39, 0.29) is 11.8 Å². The van der Waals surface area contributed by atoms with Crippen LogP contribution in [0.25, 0.3) is 0 Å². The van der Waals surface area contributed by atoms with Gasteiger partial charge in [0, 0.05) is 0 Å². The molecule has 0 aromatic heterocycles. The van der Waals surface area contributed by atoms with Crippen LogP contribution in [0.15, 0.2) is 0 Å². The second-order valence-corrected chi connectivity index (χ2v) is 5.90. The molecule has 0 radical (unpaired) electrons. The van der Waals surface area contributed by atoms with Gasteiger partial charge in [0.25, 0.3) is 0 Å². The molecule has 2 aliphatic rings. The van der Waals surface area contributed by atoms with Crippen LogP contribution in [0.5, 0.6) is 0 Å². The van der Waals surface area contributed by atoms with Crippen LogP contribution in [-0.4, -0.2) is 22.2 Å². The SMILES string of the molecule is O=C(O)C1CCC(C2CCC(C(=O)O)CC2)CC1. The maximum Gasteiger partial charge on any atom is 0.306 e. The Morgan fingerprint density at radius 1 is 0.611 bits per heavy atom. The van der Waals surface area contributed by atoms with Gasteiger partial charge in [0.15, 0.2) is 0 Å². The van der Waals surface area contributed by atoms with Crippen LogP contribution in [0.4, 0.5) is 0 Å². The molecule has 102 valence electrons. The second kappa shape index (κ2) is 5.72. The van der Waals surface area contributed by atoms with Crippen molar-refractivity contribution in [1.82, 2.24) is 0 Å². The zero-order valence-electron chi connectivity index (χ0n) is 10.7. The summed E-state index contributed by atoms with van der Waals surface area (Å²) in [6, 6.07) is 0. The summed E-state index contributed by atoms with van der Waals surface area (Å²) in [6.07, 6.45) is 7.27. The summed E-state index contributed by atoms with van der Waals surface area (Å²) in [6.45, 7) is 0. The predicted octanol–water partition coefficient (Wildman–Crippen LogP) is 2.77. The van der Waals surface area contributed by atoms with E-state index in [2.05, 4.69) is 0 Å². The number of rotatable bonds is 3. The van der Waals surface area contributed by atoms with E-state index in [1.807, 2.05) is 0 Å². The van der Waals surface area contributed by atoms with Crippen molar-refractivity contribution in [2.45, 2.75) is 51.4 Å². The molecule has 0 amide bonds. The van der Waals surface area contributed by atoms with Crippen LogP contribution in [0.2, 0.25) is 0 Å². The summed E-state index contributed by atoms with van der Waals surface area (Å²) < 4.78 is 0. The van der Waals surface area contributed by atoms with Gasteiger partial charge >= 0.3 is 11.9 Å². The van der Waals surface area contributed by atoms with Gasteiger partial charge in [-0.2, -0.15) is 0 Å². The minimum atomic E-state index is -0.650. The highest BCUT2D eigenvalue weighted by Crippen LogP contribution is 2.41. The molecule has 0 spiro atoms. The molecule has 4 nitrogen and oxygen atoms in total. The van der Waals surface area contributed by atoms with Gasteiger partial charge in [-0.15, -0.1) is 0 Å². The standard InChI is InChI=1S/C14H22O4/c15-13(16)11-5-1-9(2-6-11)10-3-7-12(8-4-10)14(17)18/h9-12H,1-8H2,(H,15,16)(H,17,18). The van der Waals surface area contributed by atoms with Gasteiger partial charge in [-0.05, 0) is 63.2 Å². The molecule has 2 N–H and O–H groups in total. The molecule has 0 aromatic rings. The highest BCUT2D eigenvalue weighted by atomic mass is 16.4. The van der Waals surface area contributed by atoms with Crippen LogP contribution in [0, 0.1) is 23.7 Å². The maximum atomic E-state index is 10.9. The van der Waals surface area contributed by atoms with Gasteiger partial charge in [0.1, 0.15) is 0 Å². The summed E-state index contributed by atoms with van der Waals surface area (Å²) in [5, 5.41) is 17.9. The smallest absolute Gasteiger partial charge is 0.306 e. The Morgan fingerprint density at radius 2 is 0.889 bits per heavy atom. The monoisotopic (exact) mass is 254 g/mol. The van der Waals surface area contributed by atoms with E-state index >= 15 is 0 Å². The zero-order valence-corrected chi connectivity index (χ0v) is 10.7. The van der Waals surface area contributed by atoms with E-state index in [9.17, 15) is 9.59 Å². The molecule has 0 atom stereocenters. The topological polar surface area (TPSA) is 74.6 Å². The first-order valence-electron chi connectivity index (χ1n) is 7.03. The Hall–Kier alpha value is -1.06. The van der Waals surface area contributed by atoms with Crippen molar-refractivity contribution < 1.29 is 19.8 Å². The molecule has 0 saturated heterocycles. The van der Waals surface area contributed by atoms with E-state index in [0.29, 0.717) is 11.8 Å². The lowest BCUT2D eigenvalue weighted by Crippen LogP contribution is -2.29. The van der Waals surface area contributed by atoms with Crippen molar-refractivity contribution >= 4 is 11.9 Å². The Balaban J connectivity index is 1.78. The maximum absolute atomic E-state index is 10.9. The molecule has 0 aromatic carbocycles. The Bertz CT molecular complexity index is 278. The van der Waals surface area contributed by atoms with E-state index in [4.69, 9.17) is 10.2 Å². The lowest BCUT2D eigenvalue weighted by atomic mass is 9.69. The van der Waals surface area contributed by atoms with Gasteiger partial charge in [-0.1, -0.05) is 0 Å². The highest BCUT2D eigenvalue weighted by Gasteiger charge is 2.34. The van der Waals surface area contributed by atoms with Crippen LogP contribution in [0.3, 0.4) is 0 Å². The molecular formula is C14H22O4. The normalized spacial score (nSPS) is 37.1. The van der Waals surface area contributed by atoms with E-state index in [1.54, 1.807) is 0 Å². The number of carboxylic acid groups (broad SMARTS) is 2. The van der Waals surface area contributed by atoms with Gasteiger partial charge in [0.2, 0.25) is 0 Å². The van der Waals surface area contributed by atoms with Crippen molar-refractivity contribution in [3.05, 3.63) is 0 Å². The van der Waals surface area contributed by atoms with Crippen LogP contribution in [-0.2, 0) is 9.59 Å². The summed E-state index contributed by atoms with van der Waals surface area (Å²) in [4.78, 5) is 21.8. The van der Waals surface area contributed by atoms with Gasteiger partial charge in [-0.25, -0.2) is 0 Å². The average molecular weight is 254 g/mol. The summed E-state index contributed by atoms with van der Waals surface area (Å²) in [7, 11) is 0. The third-order valence-electron chi connectivity index (χ3n) is 4.91. The molecule has 18 heavy (non-hydrogen) atoms. The predicted molar refractivity (Wildman–Crippen MR) is 66.2 cm³/mol. The van der Waals surface area contributed by atoms with E-state index in [1.165, 1.54) is 0 Å². The molecule has 2 fully saturated rings. The number of hydrogen-bond acceptors (Lipinski definition) is 2. The minimum absolute atomic E-state index is 0.142. The molecule has 2 rings (SSSR count). The first-order chi connectivity index (χ1) is 8.58. The van der Waals surface area contributed by atoms with Crippen molar-refractivity contribution in [3.8, 4) is 0 Å². The average Bonchev–Trinajstić information content (AvgIpc) is 2.39. The molecule has 0 heterocycles. The van der Waals surface area contributed by atoms with E-state index < -0.39 is 11.9 Å². The fraction of sp³-hybridized carbons (Fsp3) is 0.857. The molecular weight excluding hydrogens is 232 g/mol. The third kappa shape index (κ3) is 3.03. The lowest BCUT2D eigenvalue weighted by molar-refractivity contribution is -0.145. The number of carboxylic acids is 2. The quantitative estimate of drug-likeness (QED) is 0.812. The second-order valence-electron chi connectivity index (χ2n) is 5.90.